The second kappa shape index (κ2) is 4.73. The molecule has 0 aromatic rings. The Kier molecular flexibility index (Phi) is 3.55. The van der Waals surface area contributed by atoms with E-state index in [0.29, 0.717) is 11.9 Å². The van der Waals surface area contributed by atoms with Crippen LogP contribution in [0.15, 0.2) is 0 Å². The predicted octanol–water partition coefficient (Wildman–Crippen LogP) is 2.65. The Morgan fingerprint density at radius 3 is 2.87 bits per heavy atom. The van der Waals surface area contributed by atoms with Crippen molar-refractivity contribution in [3.63, 3.8) is 0 Å². The van der Waals surface area contributed by atoms with E-state index in [0.717, 1.165) is 12.5 Å². The van der Waals surface area contributed by atoms with Crippen LogP contribution in [-0.2, 0) is 4.79 Å². The highest BCUT2D eigenvalue weighted by Crippen LogP contribution is 2.36. The van der Waals surface area contributed by atoms with E-state index in [1.807, 2.05) is 6.92 Å². The number of hydrogen-bond acceptors (Lipinski definition) is 1. The summed E-state index contributed by atoms with van der Waals surface area (Å²) in [4.78, 5) is 14.2. The van der Waals surface area contributed by atoms with Crippen LogP contribution in [-0.4, -0.2) is 29.3 Å². The van der Waals surface area contributed by atoms with Crippen molar-refractivity contribution >= 4 is 17.5 Å². The lowest BCUT2D eigenvalue weighted by Gasteiger charge is -2.32. The van der Waals surface area contributed by atoms with E-state index in [1.165, 1.54) is 32.1 Å². The Balaban J connectivity index is 2.01. The third-order valence-corrected chi connectivity index (χ3v) is 4.41. The molecule has 0 N–H and O–H groups in total. The van der Waals surface area contributed by atoms with Gasteiger partial charge in [0, 0.05) is 24.4 Å². The first-order valence-corrected chi connectivity index (χ1v) is 6.64. The number of hydrogen-bond donors (Lipinski definition) is 0. The molecular weight excluding hydrogens is 210 g/mol. The Hall–Kier alpha value is -0.240. The van der Waals surface area contributed by atoms with Gasteiger partial charge >= 0.3 is 0 Å². The van der Waals surface area contributed by atoms with Gasteiger partial charge in [0.25, 0.3) is 0 Å². The van der Waals surface area contributed by atoms with Crippen LogP contribution in [0.3, 0.4) is 0 Å². The number of carbonyl (C=O) groups is 1. The molecule has 1 amide bonds. The maximum Gasteiger partial charge on any atom is 0.226 e. The smallest absolute Gasteiger partial charge is 0.226 e. The normalized spacial score (nSPS) is 32.5. The number of rotatable bonds is 2. The quantitative estimate of drug-likeness (QED) is 0.667. The van der Waals surface area contributed by atoms with Crippen molar-refractivity contribution in [2.24, 2.45) is 11.8 Å². The summed E-state index contributed by atoms with van der Waals surface area (Å²) in [6.07, 6.45) is 6.40. The zero-order valence-electron chi connectivity index (χ0n) is 9.42. The van der Waals surface area contributed by atoms with Gasteiger partial charge in [0.15, 0.2) is 0 Å². The molecule has 3 atom stereocenters. The number of nitrogens with zero attached hydrogens (tertiary/aromatic N) is 1. The van der Waals surface area contributed by atoms with E-state index in [2.05, 4.69) is 4.90 Å². The van der Waals surface area contributed by atoms with E-state index in [1.54, 1.807) is 0 Å². The van der Waals surface area contributed by atoms with E-state index in [-0.39, 0.29) is 11.8 Å². The maximum absolute atomic E-state index is 12.1. The number of likely N-dealkylation sites (tertiary alicyclic amines) is 1. The molecule has 86 valence electrons. The number of alkyl halides is 1. The molecule has 1 heterocycles. The zero-order chi connectivity index (χ0) is 10.8. The Bertz CT molecular complexity index is 244. The molecule has 0 radical (unpaired) electrons. The summed E-state index contributed by atoms with van der Waals surface area (Å²) in [6, 6.07) is 0.539. The summed E-state index contributed by atoms with van der Waals surface area (Å²) in [5.74, 6) is 1.50. The minimum absolute atomic E-state index is 0.00709. The standard InChI is InChI=1S/C12H20ClNO/c1-9(8-13)12(15)14-7-6-10-4-2-3-5-11(10)14/h9-11H,2-8H2,1H3. The van der Waals surface area contributed by atoms with Gasteiger partial charge in [-0.1, -0.05) is 19.8 Å². The number of fused-ring (bicyclic) bond motifs is 1. The molecular formula is C12H20ClNO. The highest BCUT2D eigenvalue weighted by Gasteiger charge is 2.38. The topological polar surface area (TPSA) is 20.3 Å². The van der Waals surface area contributed by atoms with Crippen LogP contribution in [0.1, 0.15) is 39.0 Å². The second-order valence-corrected chi connectivity index (χ2v) is 5.30. The van der Waals surface area contributed by atoms with Gasteiger partial charge in [-0.05, 0) is 25.2 Å². The lowest BCUT2D eigenvalue weighted by Crippen LogP contribution is -2.42. The monoisotopic (exact) mass is 229 g/mol. The molecule has 1 aliphatic heterocycles. The van der Waals surface area contributed by atoms with Gasteiger partial charge in [0.2, 0.25) is 5.91 Å². The molecule has 0 aromatic heterocycles. The summed E-state index contributed by atoms with van der Waals surface area (Å²) in [6.45, 7) is 2.90. The average Bonchev–Trinajstić information content (AvgIpc) is 2.70. The minimum atomic E-state index is -0.00709. The Morgan fingerprint density at radius 1 is 1.40 bits per heavy atom. The number of amides is 1. The summed E-state index contributed by atoms with van der Waals surface area (Å²) in [7, 11) is 0. The molecule has 2 aliphatic rings. The van der Waals surface area contributed by atoms with Gasteiger partial charge < -0.3 is 4.90 Å². The van der Waals surface area contributed by atoms with E-state index < -0.39 is 0 Å². The molecule has 2 rings (SSSR count). The van der Waals surface area contributed by atoms with E-state index in [9.17, 15) is 4.79 Å². The van der Waals surface area contributed by atoms with Crippen molar-refractivity contribution in [3.05, 3.63) is 0 Å². The summed E-state index contributed by atoms with van der Waals surface area (Å²) in [5, 5.41) is 0. The molecule has 1 aliphatic carbocycles. The van der Waals surface area contributed by atoms with Gasteiger partial charge in [-0.25, -0.2) is 0 Å². The van der Waals surface area contributed by atoms with Crippen LogP contribution in [0.5, 0.6) is 0 Å². The highest BCUT2D eigenvalue weighted by molar-refractivity contribution is 6.19. The molecule has 1 saturated heterocycles. The summed E-state index contributed by atoms with van der Waals surface area (Å²) < 4.78 is 0. The molecule has 0 spiro atoms. The molecule has 0 aromatic carbocycles. The van der Waals surface area contributed by atoms with Gasteiger partial charge in [0.1, 0.15) is 0 Å². The van der Waals surface area contributed by atoms with Crippen LogP contribution in [0, 0.1) is 11.8 Å². The molecule has 3 heteroatoms. The van der Waals surface area contributed by atoms with Gasteiger partial charge in [-0.15, -0.1) is 11.6 Å². The Labute approximate surface area is 97.0 Å². The van der Waals surface area contributed by atoms with E-state index >= 15 is 0 Å². The molecule has 0 bridgehead atoms. The SMILES string of the molecule is CC(CCl)C(=O)N1CCC2CCCCC21. The van der Waals surface area contributed by atoms with Crippen molar-refractivity contribution in [3.8, 4) is 0 Å². The fraction of sp³-hybridized carbons (Fsp3) is 0.917. The molecule has 2 fully saturated rings. The largest absolute Gasteiger partial charge is 0.339 e. The minimum Gasteiger partial charge on any atom is -0.339 e. The fourth-order valence-electron chi connectivity index (χ4n) is 3.03. The molecule has 1 saturated carbocycles. The maximum atomic E-state index is 12.1. The predicted molar refractivity (Wildman–Crippen MR) is 62.0 cm³/mol. The number of carbonyl (C=O) groups excluding carboxylic acids is 1. The van der Waals surface area contributed by atoms with Crippen molar-refractivity contribution in [2.75, 3.05) is 12.4 Å². The Morgan fingerprint density at radius 2 is 2.13 bits per heavy atom. The van der Waals surface area contributed by atoms with Crippen molar-refractivity contribution in [2.45, 2.75) is 45.1 Å². The van der Waals surface area contributed by atoms with E-state index in [4.69, 9.17) is 11.6 Å². The van der Waals surface area contributed by atoms with Crippen molar-refractivity contribution in [1.29, 1.82) is 0 Å². The van der Waals surface area contributed by atoms with Crippen LogP contribution in [0.4, 0.5) is 0 Å². The van der Waals surface area contributed by atoms with Crippen molar-refractivity contribution < 1.29 is 4.79 Å². The average molecular weight is 230 g/mol. The fourth-order valence-corrected chi connectivity index (χ4v) is 3.16. The lowest BCUT2D eigenvalue weighted by molar-refractivity contribution is -0.135. The molecule has 2 nitrogen and oxygen atoms in total. The van der Waals surface area contributed by atoms with Crippen LogP contribution < -0.4 is 0 Å². The first-order chi connectivity index (χ1) is 7.24. The first kappa shape index (κ1) is 11.3. The lowest BCUT2D eigenvalue weighted by atomic mass is 9.85. The number of halogens is 1. The summed E-state index contributed by atoms with van der Waals surface area (Å²) >= 11 is 5.75. The second-order valence-electron chi connectivity index (χ2n) is 4.99. The zero-order valence-corrected chi connectivity index (χ0v) is 10.2. The highest BCUT2D eigenvalue weighted by atomic mass is 35.5. The van der Waals surface area contributed by atoms with Gasteiger partial charge in [0.05, 0.1) is 0 Å². The molecule has 3 unspecified atom stereocenters. The third-order valence-electron chi connectivity index (χ3n) is 3.95. The van der Waals surface area contributed by atoms with Gasteiger partial charge in [-0.2, -0.15) is 0 Å². The van der Waals surface area contributed by atoms with Crippen LogP contribution in [0.2, 0.25) is 0 Å². The summed E-state index contributed by atoms with van der Waals surface area (Å²) in [5.41, 5.74) is 0. The van der Waals surface area contributed by atoms with Crippen molar-refractivity contribution in [1.82, 2.24) is 4.90 Å². The first-order valence-electron chi connectivity index (χ1n) is 6.10. The van der Waals surface area contributed by atoms with Crippen LogP contribution in [0.25, 0.3) is 0 Å². The van der Waals surface area contributed by atoms with Crippen LogP contribution >= 0.6 is 11.6 Å². The molecule has 15 heavy (non-hydrogen) atoms. The third kappa shape index (κ3) is 2.15. The van der Waals surface area contributed by atoms with Gasteiger partial charge in [-0.3, -0.25) is 4.79 Å².